The van der Waals surface area contributed by atoms with Gasteiger partial charge in [-0.15, -0.1) is 0 Å². The lowest BCUT2D eigenvalue weighted by molar-refractivity contribution is -0.126. The summed E-state index contributed by atoms with van der Waals surface area (Å²) in [6.07, 6.45) is -0.997. The minimum Gasteiger partial charge on any atom is -0.449 e. The fraction of sp³-hybridized carbons (Fsp3) is 0.120. The molecule has 0 aromatic heterocycles. The Balaban J connectivity index is 1.44. The third kappa shape index (κ3) is 3.76. The molecule has 0 saturated heterocycles. The number of hydrogen-bond acceptors (Lipinski definition) is 5. The van der Waals surface area contributed by atoms with Crippen molar-refractivity contribution in [1.29, 1.82) is 0 Å². The molecule has 0 spiro atoms. The highest BCUT2D eigenvalue weighted by molar-refractivity contribution is 6.34. The van der Waals surface area contributed by atoms with Crippen LogP contribution in [0.25, 0.3) is 0 Å². The molecule has 3 aromatic carbocycles. The zero-order valence-corrected chi connectivity index (χ0v) is 17.5. The number of rotatable bonds is 5. The summed E-state index contributed by atoms with van der Waals surface area (Å²) < 4.78 is 5.32. The molecule has 1 aliphatic rings. The molecular weight excluding hydrogens is 408 g/mol. The first-order valence-electron chi connectivity index (χ1n) is 10.00. The van der Waals surface area contributed by atoms with Crippen molar-refractivity contribution in [1.82, 2.24) is 0 Å². The summed E-state index contributed by atoms with van der Waals surface area (Å²) in [6.45, 7) is 1.51. The zero-order chi connectivity index (χ0) is 22.8. The number of nitrogens with zero attached hydrogens (tertiary/aromatic N) is 2. The van der Waals surface area contributed by atoms with Gasteiger partial charge in [-0.25, -0.2) is 9.69 Å². The molecule has 3 aromatic rings. The Morgan fingerprint density at radius 2 is 1.34 bits per heavy atom. The van der Waals surface area contributed by atoms with Crippen LogP contribution in [-0.2, 0) is 9.53 Å². The summed E-state index contributed by atoms with van der Waals surface area (Å²) in [6, 6.07) is 21.6. The zero-order valence-electron chi connectivity index (χ0n) is 17.5. The highest BCUT2D eigenvalue weighted by Gasteiger charge is 2.36. The van der Waals surface area contributed by atoms with E-state index >= 15 is 0 Å². The first-order valence-corrected chi connectivity index (χ1v) is 10.00. The van der Waals surface area contributed by atoms with E-state index in [-0.39, 0.29) is 11.5 Å². The van der Waals surface area contributed by atoms with Gasteiger partial charge in [-0.05, 0) is 55.5 Å². The van der Waals surface area contributed by atoms with Crippen LogP contribution in [-0.4, -0.2) is 36.8 Å². The molecule has 1 atom stereocenters. The molecule has 1 unspecified atom stereocenters. The maximum Gasteiger partial charge on any atom is 0.338 e. The van der Waals surface area contributed by atoms with E-state index < -0.39 is 23.9 Å². The van der Waals surface area contributed by atoms with Gasteiger partial charge in [0.15, 0.2) is 6.10 Å². The second-order valence-corrected chi connectivity index (χ2v) is 7.32. The molecule has 0 fully saturated rings. The molecule has 3 amide bonds. The number of fused-ring (bicyclic) bond motifs is 1. The van der Waals surface area contributed by atoms with Crippen molar-refractivity contribution in [3.8, 4) is 0 Å². The number of para-hydroxylation sites is 1. The third-order valence-electron chi connectivity index (χ3n) is 5.26. The van der Waals surface area contributed by atoms with E-state index in [1.807, 2.05) is 18.2 Å². The molecule has 7 heteroatoms. The van der Waals surface area contributed by atoms with E-state index in [0.717, 1.165) is 4.90 Å². The number of ether oxygens (including phenoxy) is 1. The van der Waals surface area contributed by atoms with Crippen molar-refractivity contribution in [3.05, 3.63) is 95.6 Å². The minimum absolute atomic E-state index is 0.201. The Hall–Kier alpha value is -4.26. The summed E-state index contributed by atoms with van der Waals surface area (Å²) in [5.41, 5.74) is 1.92. The standard InChI is InChI=1S/C25H20N2O5/c1-16(22(28)26(2)18-8-4-3-5-9-18)32-25(31)17-12-14-19(15-13-17)27-23(29)20-10-6-7-11-21(20)24(27)30/h3-16H,1-2H3. The topological polar surface area (TPSA) is 84.0 Å². The van der Waals surface area contributed by atoms with Gasteiger partial charge in [0.2, 0.25) is 0 Å². The largest absolute Gasteiger partial charge is 0.449 e. The first kappa shape index (κ1) is 21.0. The van der Waals surface area contributed by atoms with Gasteiger partial charge < -0.3 is 9.64 Å². The highest BCUT2D eigenvalue weighted by Crippen LogP contribution is 2.28. The molecule has 1 aliphatic heterocycles. The molecule has 1 heterocycles. The van der Waals surface area contributed by atoms with Gasteiger partial charge >= 0.3 is 5.97 Å². The third-order valence-corrected chi connectivity index (χ3v) is 5.26. The minimum atomic E-state index is -0.997. The second kappa shape index (κ2) is 8.47. The quantitative estimate of drug-likeness (QED) is 0.457. The van der Waals surface area contributed by atoms with Gasteiger partial charge in [0.25, 0.3) is 17.7 Å². The molecule has 7 nitrogen and oxygen atoms in total. The van der Waals surface area contributed by atoms with Gasteiger partial charge in [-0.2, -0.15) is 0 Å². The van der Waals surface area contributed by atoms with Gasteiger partial charge in [0.05, 0.1) is 22.4 Å². The van der Waals surface area contributed by atoms with Crippen LogP contribution in [0.3, 0.4) is 0 Å². The van der Waals surface area contributed by atoms with E-state index in [2.05, 4.69) is 0 Å². The number of hydrogen-bond donors (Lipinski definition) is 0. The van der Waals surface area contributed by atoms with Gasteiger partial charge in [0, 0.05) is 12.7 Å². The Morgan fingerprint density at radius 3 is 1.91 bits per heavy atom. The molecule has 4 rings (SSSR count). The lowest BCUT2D eigenvalue weighted by Gasteiger charge is -2.21. The number of anilines is 2. The fourth-order valence-electron chi connectivity index (χ4n) is 3.50. The van der Waals surface area contributed by atoms with Gasteiger partial charge in [-0.3, -0.25) is 14.4 Å². The normalized spacial score (nSPS) is 13.5. The second-order valence-electron chi connectivity index (χ2n) is 7.32. The van der Waals surface area contributed by atoms with Crippen molar-refractivity contribution in [2.75, 3.05) is 16.8 Å². The lowest BCUT2D eigenvalue weighted by Crippen LogP contribution is -2.37. The van der Waals surface area contributed by atoms with Crippen LogP contribution >= 0.6 is 0 Å². The van der Waals surface area contributed by atoms with Crippen LogP contribution in [0, 0.1) is 0 Å². The van der Waals surface area contributed by atoms with Crippen LogP contribution < -0.4 is 9.80 Å². The van der Waals surface area contributed by atoms with E-state index in [9.17, 15) is 19.2 Å². The molecule has 0 N–H and O–H groups in total. The Bertz CT molecular complexity index is 1170. The molecule has 0 bridgehead atoms. The first-order chi connectivity index (χ1) is 15.4. The van der Waals surface area contributed by atoms with Gasteiger partial charge in [0.1, 0.15) is 0 Å². The van der Waals surface area contributed by atoms with Crippen LogP contribution in [0.5, 0.6) is 0 Å². The molecule has 0 radical (unpaired) electrons. The number of likely N-dealkylation sites (N-methyl/N-ethyl adjacent to an activating group) is 1. The summed E-state index contributed by atoms with van der Waals surface area (Å²) in [7, 11) is 1.61. The lowest BCUT2D eigenvalue weighted by atomic mass is 10.1. The van der Waals surface area contributed by atoms with E-state index in [0.29, 0.717) is 22.5 Å². The van der Waals surface area contributed by atoms with Crippen molar-refractivity contribution >= 4 is 35.1 Å². The van der Waals surface area contributed by atoms with Crippen LogP contribution in [0.2, 0.25) is 0 Å². The van der Waals surface area contributed by atoms with Crippen LogP contribution in [0.1, 0.15) is 38.0 Å². The molecule has 0 aliphatic carbocycles. The Kier molecular flexibility index (Phi) is 5.55. The Labute approximate surface area is 184 Å². The molecule has 0 saturated carbocycles. The molecular formula is C25H20N2O5. The summed E-state index contributed by atoms with van der Waals surface area (Å²) in [4.78, 5) is 52.8. The fourth-order valence-corrected chi connectivity index (χ4v) is 3.50. The summed E-state index contributed by atoms with van der Waals surface area (Å²) in [5, 5.41) is 0. The average molecular weight is 428 g/mol. The summed E-state index contributed by atoms with van der Waals surface area (Å²) >= 11 is 0. The predicted octanol–water partition coefficient (Wildman–Crippen LogP) is 3.70. The number of carbonyl (C=O) groups excluding carboxylic acids is 4. The maximum atomic E-state index is 12.6. The number of carbonyl (C=O) groups is 4. The van der Waals surface area contributed by atoms with E-state index in [1.165, 1.54) is 36.1 Å². The van der Waals surface area contributed by atoms with Crippen molar-refractivity contribution in [2.45, 2.75) is 13.0 Å². The van der Waals surface area contributed by atoms with Crippen molar-refractivity contribution in [3.63, 3.8) is 0 Å². The van der Waals surface area contributed by atoms with Crippen LogP contribution in [0.15, 0.2) is 78.9 Å². The number of benzene rings is 3. The van der Waals surface area contributed by atoms with E-state index in [1.54, 1.807) is 43.4 Å². The van der Waals surface area contributed by atoms with Crippen molar-refractivity contribution in [2.24, 2.45) is 0 Å². The number of imide groups is 1. The number of esters is 1. The molecule has 160 valence electrons. The smallest absolute Gasteiger partial charge is 0.338 e. The highest BCUT2D eigenvalue weighted by atomic mass is 16.5. The SMILES string of the molecule is CC(OC(=O)c1ccc(N2C(=O)c3ccccc3C2=O)cc1)C(=O)N(C)c1ccccc1. The average Bonchev–Trinajstić information content (AvgIpc) is 3.08. The Morgan fingerprint density at radius 1 is 0.812 bits per heavy atom. The summed E-state index contributed by atoms with van der Waals surface area (Å²) in [5.74, 6) is -1.87. The van der Waals surface area contributed by atoms with Crippen LogP contribution in [0.4, 0.5) is 11.4 Å². The molecule has 32 heavy (non-hydrogen) atoms. The predicted molar refractivity (Wildman–Crippen MR) is 119 cm³/mol. The van der Waals surface area contributed by atoms with Gasteiger partial charge in [-0.1, -0.05) is 30.3 Å². The van der Waals surface area contributed by atoms with Crippen molar-refractivity contribution < 1.29 is 23.9 Å². The monoisotopic (exact) mass is 428 g/mol. The number of amides is 3. The maximum absolute atomic E-state index is 12.6. The van der Waals surface area contributed by atoms with E-state index in [4.69, 9.17) is 4.74 Å².